The van der Waals surface area contributed by atoms with Crippen LogP contribution >= 0.6 is 0 Å². The highest BCUT2D eigenvalue weighted by Crippen LogP contribution is 2.27. The minimum Gasteiger partial charge on any atom is -0.393 e. The lowest BCUT2D eigenvalue weighted by Crippen LogP contribution is -2.40. The van der Waals surface area contributed by atoms with Gasteiger partial charge in [0.25, 0.3) is 0 Å². The van der Waals surface area contributed by atoms with Crippen LogP contribution in [0.4, 0.5) is 0 Å². The molecule has 4 unspecified atom stereocenters. The molecule has 290 valence electrons. The highest BCUT2D eigenvalue weighted by Gasteiger charge is 2.31. The maximum Gasteiger partial charge on any atom is 0.0851 e. The van der Waals surface area contributed by atoms with Gasteiger partial charge in [0.15, 0.2) is 0 Å². The van der Waals surface area contributed by atoms with E-state index in [1.165, 1.54) is 199 Å². The van der Waals surface area contributed by atoms with Crippen molar-refractivity contribution in [1.29, 1.82) is 0 Å². The first-order valence-corrected chi connectivity index (χ1v) is 22.6. The molecule has 0 aromatic rings. The number of unbranched alkanes of at least 4 members (excludes halogenated alkanes) is 32. The van der Waals surface area contributed by atoms with Crippen molar-refractivity contribution in [3.8, 4) is 0 Å². The summed E-state index contributed by atoms with van der Waals surface area (Å²) in [4.78, 5) is 0. The summed E-state index contributed by atoms with van der Waals surface area (Å²) in [6.07, 6.45) is 46.2. The minimum atomic E-state index is -0.798. The fraction of sp³-hybridized carbons (Fsp3) is 1.00. The molecule has 0 aliphatic rings. The highest BCUT2D eigenvalue weighted by molar-refractivity contribution is 4.82. The summed E-state index contributed by atoms with van der Waals surface area (Å²) in [7, 11) is 0. The van der Waals surface area contributed by atoms with Gasteiger partial charge in [-0.05, 0) is 19.3 Å². The molecule has 3 heteroatoms. The monoisotopic (exact) mass is 681 g/mol. The SMILES string of the molecule is CCCCCCCCCCCCCCC(O)C(O)C(CCCCCCCCCCCCCC)C(O)CCCCCCCCCCCCC. The molecule has 0 radical (unpaired) electrons. The van der Waals surface area contributed by atoms with E-state index in [0.29, 0.717) is 6.42 Å². The smallest absolute Gasteiger partial charge is 0.0851 e. The van der Waals surface area contributed by atoms with E-state index in [9.17, 15) is 15.3 Å². The first-order chi connectivity index (χ1) is 23.6. The second-order valence-electron chi connectivity index (χ2n) is 16.0. The van der Waals surface area contributed by atoms with Gasteiger partial charge in [-0.2, -0.15) is 0 Å². The molecule has 0 bridgehead atoms. The van der Waals surface area contributed by atoms with Gasteiger partial charge < -0.3 is 15.3 Å². The summed E-state index contributed by atoms with van der Waals surface area (Å²) < 4.78 is 0. The first-order valence-electron chi connectivity index (χ1n) is 22.6. The van der Waals surface area contributed by atoms with Gasteiger partial charge in [-0.3, -0.25) is 0 Å². The molecule has 0 aromatic carbocycles. The fourth-order valence-corrected chi connectivity index (χ4v) is 7.69. The summed E-state index contributed by atoms with van der Waals surface area (Å²) >= 11 is 0. The first kappa shape index (κ1) is 47.9. The number of aliphatic hydroxyl groups excluding tert-OH is 3. The van der Waals surface area contributed by atoms with E-state index in [0.717, 1.165) is 38.5 Å². The van der Waals surface area contributed by atoms with E-state index >= 15 is 0 Å². The van der Waals surface area contributed by atoms with Gasteiger partial charge in [0.1, 0.15) is 0 Å². The van der Waals surface area contributed by atoms with E-state index in [-0.39, 0.29) is 5.92 Å². The van der Waals surface area contributed by atoms with Gasteiger partial charge in [-0.1, -0.05) is 245 Å². The molecule has 0 aliphatic heterocycles. The Hall–Kier alpha value is -0.120. The molecule has 0 aromatic heterocycles. The minimum absolute atomic E-state index is 0.191. The molecule has 48 heavy (non-hydrogen) atoms. The van der Waals surface area contributed by atoms with Gasteiger partial charge in [-0.25, -0.2) is 0 Å². The van der Waals surface area contributed by atoms with Crippen LogP contribution in [-0.4, -0.2) is 33.6 Å². The lowest BCUT2D eigenvalue weighted by atomic mass is 9.83. The van der Waals surface area contributed by atoms with E-state index in [1.807, 2.05) is 0 Å². The van der Waals surface area contributed by atoms with E-state index in [2.05, 4.69) is 20.8 Å². The largest absolute Gasteiger partial charge is 0.393 e. The quantitative estimate of drug-likeness (QED) is 0.0563. The predicted octanol–water partition coefficient (Wildman–Crippen LogP) is 14.6. The molecule has 0 rings (SSSR count). The van der Waals surface area contributed by atoms with Crippen LogP contribution in [0.15, 0.2) is 0 Å². The Bertz CT molecular complexity index is 581. The average Bonchev–Trinajstić information content (AvgIpc) is 3.09. The molecule has 0 amide bonds. The zero-order valence-electron chi connectivity index (χ0n) is 33.5. The van der Waals surface area contributed by atoms with Crippen LogP contribution in [0.5, 0.6) is 0 Å². The van der Waals surface area contributed by atoms with Gasteiger partial charge in [0.2, 0.25) is 0 Å². The van der Waals surface area contributed by atoms with Crippen LogP contribution in [0.3, 0.4) is 0 Å². The average molecular weight is 681 g/mol. The maximum absolute atomic E-state index is 11.3. The molecule has 0 saturated heterocycles. The second kappa shape index (κ2) is 39.7. The maximum atomic E-state index is 11.3. The Kier molecular flexibility index (Phi) is 39.6. The van der Waals surface area contributed by atoms with Crippen LogP contribution < -0.4 is 0 Å². The van der Waals surface area contributed by atoms with Crippen LogP contribution in [0, 0.1) is 5.92 Å². The van der Waals surface area contributed by atoms with Crippen LogP contribution in [0.1, 0.15) is 265 Å². The zero-order valence-corrected chi connectivity index (χ0v) is 33.5. The number of rotatable bonds is 41. The van der Waals surface area contributed by atoms with Gasteiger partial charge in [-0.15, -0.1) is 0 Å². The van der Waals surface area contributed by atoms with Crippen LogP contribution in [0.25, 0.3) is 0 Å². The number of hydrogen-bond donors (Lipinski definition) is 3. The molecule has 0 saturated carbocycles. The van der Waals surface area contributed by atoms with E-state index < -0.39 is 18.3 Å². The molecular formula is C45H92O3. The predicted molar refractivity (Wildman–Crippen MR) is 214 cm³/mol. The van der Waals surface area contributed by atoms with Crippen molar-refractivity contribution >= 4 is 0 Å². The summed E-state index contributed by atoms with van der Waals surface area (Å²) in [5, 5.41) is 33.5. The van der Waals surface area contributed by atoms with Crippen molar-refractivity contribution < 1.29 is 15.3 Å². The number of aliphatic hydroxyl groups is 3. The zero-order chi connectivity index (χ0) is 35.2. The third-order valence-electron chi connectivity index (χ3n) is 11.2. The molecular weight excluding hydrogens is 588 g/mol. The topological polar surface area (TPSA) is 60.7 Å². The normalized spacial score (nSPS) is 14.4. The Labute approximate surface area is 303 Å². The standard InChI is InChI=1S/C45H92O3/c1-4-7-10-13-16-19-22-25-27-30-33-36-39-42(43(46)40-37-34-31-28-24-21-18-15-12-9-6-3)45(48)44(47)41-38-35-32-29-26-23-20-17-14-11-8-5-2/h42-48H,4-41H2,1-3H3. The second-order valence-corrected chi connectivity index (χ2v) is 16.0. The Morgan fingerprint density at radius 1 is 0.250 bits per heavy atom. The van der Waals surface area contributed by atoms with Crippen molar-refractivity contribution in [3.63, 3.8) is 0 Å². The third-order valence-corrected chi connectivity index (χ3v) is 11.2. The van der Waals surface area contributed by atoms with Crippen molar-refractivity contribution in [3.05, 3.63) is 0 Å². The molecule has 0 fully saturated rings. The Morgan fingerprint density at radius 3 is 0.729 bits per heavy atom. The van der Waals surface area contributed by atoms with Gasteiger partial charge >= 0.3 is 0 Å². The van der Waals surface area contributed by atoms with Gasteiger partial charge in [0.05, 0.1) is 18.3 Å². The molecule has 0 aliphatic carbocycles. The van der Waals surface area contributed by atoms with Crippen molar-refractivity contribution in [2.75, 3.05) is 0 Å². The molecule has 0 spiro atoms. The summed E-state index contributed by atoms with van der Waals surface area (Å²) in [6, 6.07) is 0. The molecule has 3 nitrogen and oxygen atoms in total. The summed E-state index contributed by atoms with van der Waals surface area (Å²) in [5.74, 6) is -0.191. The van der Waals surface area contributed by atoms with Crippen LogP contribution in [-0.2, 0) is 0 Å². The molecule has 4 atom stereocenters. The Balaban J connectivity index is 4.35. The molecule has 3 N–H and O–H groups in total. The third kappa shape index (κ3) is 33.0. The van der Waals surface area contributed by atoms with Crippen molar-refractivity contribution in [2.24, 2.45) is 5.92 Å². The lowest BCUT2D eigenvalue weighted by molar-refractivity contribution is -0.0664. The molecule has 0 heterocycles. The summed E-state index contributed by atoms with van der Waals surface area (Å²) in [6.45, 7) is 6.84. The summed E-state index contributed by atoms with van der Waals surface area (Å²) in [5.41, 5.74) is 0. The van der Waals surface area contributed by atoms with E-state index in [1.54, 1.807) is 0 Å². The van der Waals surface area contributed by atoms with Gasteiger partial charge in [0, 0.05) is 5.92 Å². The van der Waals surface area contributed by atoms with Crippen molar-refractivity contribution in [2.45, 2.75) is 283 Å². The highest BCUT2D eigenvalue weighted by atomic mass is 16.3. The van der Waals surface area contributed by atoms with E-state index in [4.69, 9.17) is 0 Å². The van der Waals surface area contributed by atoms with Crippen LogP contribution in [0.2, 0.25) is 0 Å². The number of hydrogen-bond acceptors (Lipinski definition) is 3. The fourth-order valence-electron chi connectivity index (χ4n) is 7.69. The Morgan fingerprint density at radius 2 is 0.458 bits per heavy atom. The lowest BCUT2D eigenvalue weighted by Gasteiger charge is -2.31. The van der Waals surface area contributed by atoms with Crippen molar-refractivity contribution in [1.82, 2.24) is 0 Å².